The molecule has 5 heteroatoms. The lowest BCUT2D eigenvalue weighted by molar-refractivity contribution is -0.134. The van der Waals surface area contributed by atoms with Crippen LogP contribution in [0.4, 0.5) is 0 Å². The third-order valence-electron chi connectivity index (χ3n) is 3.65. The molecule has 5 nitrogen and oxygen atoms in total. The van der Waals surface area contributed by atoms with Crippen LogP contribution >= 0.6 is 0 Å². The maximum atomic E-state index is 12.2. The molecule has 0 aliphatic carbocycles. The molecule has 1 aromatic carbocycles. The van der Waals surface area contributed by atoms with E-state index in [0.29, 0.717) is 12.1 Å². The normalized spacial score (nSPS) is 17.8. The lowest BCUT2D eigenvalue weighted by atomic mass is 10.1. The van der Waals surface area contributed by atoms with Gasteiger partial charge >= 0.3 is 0 Å². The number of rotatable bonds is 4. The summed E-state index contributed by atoms with van der Waals surface area (Å²) in [5, 5.41) is 5.79. The van der Waals surface area contributed by atoms with E-state index < -0.39 is 0 Å². The van der Waals surface area contributed by atoms with Crippen LogP contribution in [0.5, 0.6) is 0 Å². The summed E-state index contributed by atoms with van der Waals surface area (Å²) in [5.74, 6) is 0.188. The topological polar surface area (TPSA) is 61.4 Å². The fourth-order valence-electron chi connectivity index (χ4n) is 2.43. The molecule has 1 saturated heterocycles. The average molecular weight is 275 g/mol. The quantitative estimate of drug-likeness (QED) is 0.846. The van der Waals surface area contributed by atoms with Crippen molar-refractivity contribution >= 4 is 11.8 Å². The number of carbonyl (C=O) groups is 2. The van der Waals surface area contributed by atoms with Gasteiger partial charge in [-0.2, -0.15) is 0 Å². The fraction of sp³-hybridized carbons (Fsp3) is 0.467. The highest BCUT2D eigenvalue weighted by atomic mass is 16.2. The van der Waals surface area contributed by atoms with E-state index in [1.165, 1.54) is 0 Å². The van der Waals surface area contributed by atoms with Gasteiger partial charge in [-0.05, 0) is 30.7 Å². The number of carbonyl (C=O) groups excluding carboxylic acids is 2. The predicted octanol–water partition coefficient (Wildman–Crippen LogP) is 0.614. The van der Waals surface area contributed by atoms with E-state index in [1.54, 1.807) is 24.1 Å². The van der Waals surface area contributed by atoms with Gasteiger partial charge in [-0.15, -0.1) is 0 Å². The van der Waals surface area contributed by atoms with Gasteiger partial charge < -0.3 is 15.5 Å². The Labute approximate surface area is 119 Å². The summed E-state index contributed by atoms with van der Waals surface area (Å²) in [6.07, 6.45) is 0.915. The van der Waals surface area contributed by atoms with Crippen molar-refractivity contribution in [3.05, 3.63) is 35.4 Å². The number of nitrogens with one attached hydrogen (secondary N) is 2. The molecule has 20 heavy (non-hydrogen) atoms. The largest absolute Gasteiger partial charge is 0.355 e. The van der Waals surface area contributed by atoms with Crippen molar-refractivity contribution in [1.29, 1.82) is 0 Å². The Morgan fingerprint density at radius 2 is 2.05 bits per heavy atom. The van der Waals surface area contributed by atoms with Crippen LogP contribution in [-0.4, -0.2) is 43.9 Å². The summed E-state index contributed by atoms with van der Waals surface area (Å²) < 4.78 is 0. The smallest absolute Gasteiger partial charge is 0.251 e. The summed E-state index contributed by atoms with van der Waals surface area (Å²) in [4.78, 5) is 25.4. The molecule has 2 amide bonds. The minimum Gasteiger partial charge on any atom is -0.355 e. The lowest BCUT2D eigenvalue weighted by Gasteiger charge is -2.20. The maximum Gasteiger partial charge on any atom is 0.251 e. The van der Waals surface area contributed by atoms with Crippen LogP contribution in [0.25, 0.3) is 0 Å². The number of hydrogen-bond acceptors (Lipinski definition) is 3. The molecule has 2 rings (SSSR count). The van der Waals surface area contributed by atoms with Crippen molar-refractivity contribution < 1.29 is 9.59 Å². The van der Waals surface area contributed by atoms with Gasteiger partial charge in [0.2, 0.25) is 5.91 Å². The predicted molar refractivity (Wildman–Crippen MR) is 77.3 cm³/mol. The fourth-order valence-corrected chi connectivity index (χ4v) is 2.43. The third-order valence-corrected chi connectivity index (χ3v) is 3.65. The zero-order chi connectivity index (χ0) is 14.5. The summed E-state index contributed by atoms with van der Waals surface area (Å²) in [6, 6.07) is 7.34. The van der Waals surface area contributed by atoms with Crippen LogP contribution in [0.3, 0.4) is 0 Å². The highest BCUT2D eigenvalue weighted by Crippen LogP contribution is 2.13. The molecule has 0 bridgehead atoms. The van der Waals surface area contributed by atoms with E-state index in [0.717, 1.165) is 25.1 Å². The van der Waals surface area contributed by atoms with Crippen molar-refractivity contribution in [3.63, 3.8) is 0 Å². The molecule has 1 unspecified atom stereocenters. The molecule has 0 saturated carbocycles. The molecule has 108 valence electrons. The second-order valence-electron chi connectivity index (χ2n) is 5.16. The molecule has 1 atom stereocenters. The minimum absolute atomic E-state index is 0.0991. The van der Waals surface area contributed by atoms with Crippen molar-refractivity contribution in [3.8, 4) is 0 Å². The van der Waals surface area contributed by atoms with E-state index in [9.17, 15) is 9.59 Å². The number of benzene rings is 1. The summed E-state index contributed by atoms with van der Waals surface area (Å²) >= 11 is 0. The monoisotopic (exact) mass is 275 g/mol. The van der Waals surface area contributed by atoms with E-state index in [1.807, 2.05) is 19.2 Å². The standard InChI is InChI=1S/C15H21N3O2/c1-16-14(19)12-5-3-11(4-6-12)10-18(2)15(20)13-7-8-17-9-13/h3-6,13,17H,7-10H2,1-2H3,(H,16,19). The second kappa shape index (κ2) is 6.52. The van der Waals surface area contributed by atoms with Gasteiger partial charge in [0.15, 0.2) is 0 Å². The molecule has 1 aliphatic rings. The Hall–Kier alpha value is -1.88. The molecule has 1 heterocycles. The Bertz CT molecular complexity index is 478. The number of amides is 2. The summed E-state index contributed by atoms with van der Waals surface area (Å²) in [5.41, 5.74) is 1.66. The molecule has 0 spiro atoms. The highest BCUT2D eigenvalue weighted by molar-refractivity contribution is 5.93. The second-order valence-corrected chi connectivity index (χ2v) is 5.16. The molecular formula is C15H21N3O2. The Balaban J connectivity index is 1.95. The summed E-state index contributed by atoms with van der Waals surface area (Å²) in [7, 11) is 3.44. The van der Waals surface area contributed by atoms with Gasteiger partial charge in [0.25, 0.3) is 5.91 Å². The molecule has 0 radical (unpaired) electrons. The van der Waals surface area contributed by atoms with Gasteiger partial charge in [-0.25, -0.2) is 0 Å². The van der Waals surface area contributed by atoms with E-state index in [-0.39, 0.29) is 17.7 Å². The Morgan fingerprint density at radius 3 is 2.60 bits per heavy atom. The minimum atomic E-state index is -0.0991. The van der Waals surface area contributed by atoms with Crippen molar-refractivity contribution in [2.45, 2.75) is 13.0 Å². The van der Waals surface area contributed by atoms with Crippen LogP contribution in [0.2, 0.25) is 0 Å². The number of nitrogens with zero attached hydrogens (tertiary/aromatic N) is 1. The lowest BCUT2D eigenvalue weighted by Crippen LogP contribution is -2.33. The van der Waals surface area contributed by atoms with Gasteiger partial charge in [-0.1, -0.05) is 12.1 Å². The van der Waals surface area contributed by atoms with Crippen molar-refractivity contribution in [1.82, 2.24) is 15.5 Å². The zero-order valence-electron chi connectivity index (χ0n) is 12.0. The first-order valence-corrected chi connectivity index (χ1v) is 6.88. The SMILES string of the molecule is CNC(=O)c1ccc(CN(C)C(=O)C2CCNC2)cc1. The highest BCUT2D eigenvalue weighted by Gasteiger charge is 2.25. The Morgan fingerprint density at radius 1 is 1.35 bits per heavy atom. The third kappa shape index (κ3) is 3.36. The zero-order valence-corrected chi connectivity index (χ0v) is 12.0. The van der Waals surface area contributed by atoms with Crippen molar-refractivity contribution in [2.24, 2.45) is 5.92 Å². The molecule has 1 aromatic rings. The molecule has 2 N–H and O–H groups in total. The van der Waals surface area contributed by atoms with Gasteiger partial charge in [0, 0.05) is 32.7 Å². The van der Waals surface area contributed by atoms with E-state index in [2.05, 4.69) is 10.6 Å². The summed E-state index contributed by atoms with van der Waals surface area (Å²) in [6.45, 7) is 2.27. The molecular weight excluding hydrogens is 254 g/mol. The first-order chi connectivity index (χ1) is 9.61. The molecule has 0 aromatic heterocycles. The Kier molecular flexibility index (Phi) is 4.74. The van der Waals surface area contributed by atoms with Gasteiger partial charge in [0.05, 0.1) is 5.92 Å². The average Bonchev–Trinajstić information content (AvgIpc) is 3.00. The van der Waals surface area contributed by atoms with Crippen LogP contribution < -0.4 is 10.6 Å². The van der Waals surface area contributed by atoms with Crippen molar-refractivity contribution in [2.75, 3.05) is 27.2 Å². The number of hydrogen-bond donors (Lipinski definition) is 2. The van der Waals surface area contributed by atoms with Crippen LogP contribution in [0, 0.1) is 5.92 Å². The maximum absolute atomic E-state index is 12.2. The van der Waals surface area contributed by atoms with Crippen LogP contribution in [0.1, 0.15) is 22.3 Å². The molecule has 1 aliphatic heterocycles. The molecule has 1 fully saturated rings. The van der Waals surface area contributed by atoms with Crippen LogP contribution in [0.15, 0.2) is 24.3 Å². The van der Waals surface area contributed by atoms with Crippen LogP contribution in [-0.2, 0) is 11.3 Å². The van der Waals surface area contributed by atoms with Gasteiger partial charge in [-0.3, -0.25) is 9.59 Å². The van der Waals surface area contributed by atoms with E-state index in [4.69, 9.17) is 0 Å². The van der Waals surface area contributed by atoms with E-state index >= 15 is 0 Å². The first-order valence-electron chi connectivity index (χ1n) is 6.88. The van der Waals surface area contributed by atoms with Gasteiger partial charge in [0.1, 0.15) is 0 Å². The first kappa shape index (κ1) is 14.5.